The molecule has 0 unspecified atom stereocenters. The highest BCUT2D eigenvalue weighted by molar-refractivity contribution is 7.19. The van der Waals surface area contributed by atoms with Gasteiger partial charge in [-0.1, -0.05) is 40.9 Å². The van der Waals surface area contributed by atoms with Crippen LogP contribution < -0.4 is 83.4 Å². The fourth-order valence-electron chi connectivity index (χ4n) is 18.5. The lowest BCUT2D eigenvalue weighted by Gasteiger charge is -2.30. The van der Waals surface area contributed by atoms with Crippen LogP contribution in [0.5, 0.6) is 0 Å². The summed E-state index contributed by atoms with van der Waals surface area (Å²) in [6.07, 6.45) is 14.6. The summed E-state index contributed by atoms with van der Waals surface area (Å²) in [5.41, 5.74) is 49.6. The Morgan fingerprint density at radius 3 is 1.72 bits per heavy atom. The van der Waals surface area contributed by atoms with Gasteiger partial charge in [-0.15, -0.1) is 90.7 Å². The van der Waals surface area contributed by atoms with E-state index >= 15 is 0 Å². The number of nitrogens with zero attached hydrogens (tertiary/aromatic N) is 11. The minimum absolute atomic E-state index is 0. The van der Waals surface area contributed by atoms with E-state index in [1.54, 1.807) is 95.3 Å². The highest BCUT2D eigenvalue weighted by Crippen LogP contribution is 2.44. The minimum atomic E-state index is -0.484. The van der Waals surface area contributed by atoms with Gasteiger partial charge < -0.3 is 90.5 Å². The number of rotatable bonds is 8. The molecular formula is C102H129N27O12S8. The van der Waals surface area contributed by atoms with Gasteiger partial charge in [0.1, 0.15) is 84.2 Å². The van der Waals surface area contributed by atoms with Gasteiger partial charge in [0.25, 0.3) is 11.8 Å². The van der Waals surface area contributed by atoms with Crippen LogP contribution in [-0.4, -0.2) is 170 Å². The van der Waals surface area contributed by atoms with Crippen LogP contribution in [0.1, 0.15) is 234 Å². The molecule has 1 fully saturated rings. The van der Waals surface area contributed by atoms with E-state index in [9.17, 15) is 53.1 Å². The van der Waals surface area contributed by atoms with Crippen molar-refractivity contribution in [3.05, 3.63) is 210 Å². The summed E-state index contributed by atoms with van der Waals surface area (Å²) in [5.74, 6) is 3.24. The molecule has 39 nitrogen and oxygen atoms in total. The Morgan fingerprint density at radius 1 is 0.570 bits per heavy atom. The summed E-state index contributed by atoms with van der Waals surface area (Å²) in [5, 5.41) is 53.7. The molecule has 0 saturated carbocycles. The summed E-state index contributed by atoms with van der Waals surface area (Å²) in [6, 6.07) is 1.81. The molecule has 12 aromatic rings. The average Bonchev–Trinajstić information content (AvgIpc) is 1.62. The first-order valence-electron chi connectivity index (χ1n) is 48.5. The van der Waals surface area contributed by atoms with Crippen LogP contribution in [-0.2, 0) is 133 Å². The van der Waals surface area contributed by atoms with E-state index in [0.29, 0.717) is 103 Å². The van der Waals surface area contributed by atoms with Crippen molar-refractivity contribution >= 4 is 221 Å². The molecule has 1 atom stereocenters. The molecule has 7 amide bonds. The van der Waals surface area contributed by atoms with Crippen molar-refractivity contribution in [1.82, 2.24) is 70.0 Å². The maximum atomic E-state index is 12.6. The van der Waals surface area contributed by atoms with Gasteiger partial charge in [-0.05, 0) is 191 Å². The molecule has 1 aliphatic carbocycles. The maximum absolute atomic E-state index is 12.6. The second-order valence-corrected chi connectivity index (χ2v) is 47.1. The monoisotopic (exact) mass is 2180 g/mol. The smallest absolute Gasteiger partial charge is 0.410 e. The number of aryl methyl sites for hydroxylation is 8. The average molecular weight is 2180 g/mol. The number of carbonyl (C=O) groups excluding carboxylic acids is 7. The first-order valence-corrected chi connectivity index (χ1v) is 55.0. The molecule has 10 aliphatic rings. The lowest BCUT2D eigenvalue weighted by molar-refractivity contribution is -0.121. The van der Waals surface area contributed by atoms with Crippen LogP contribution in [0.25, 0.3) is 31.5 Å². The van der Waals surface area contributed by atoms with Crippen LogP contribution in [0.4, 0.5) is 27.2 Å². The Morgan fingerprint density at radius 2 is 1.11 bits per heavy atom. The van der Waals surface area contributed by atoms with Gasteiger partial charge in [-0.3, -0.25) is 59.1 Å². The Hall–Kier alpha value is -13.4. The molecule has 47 heteroatoms. The number of ether oxygens (including phenoxy) is 1. The number of aliphatic hydroxyl groups excluding tert-OH is 1. The molecule has 0 bridgehead atoms. The number of anilines is 4. The summed E-state index contributed by atoms with van der Waals surface area (Å²) in [6.45, 7) is 39.2. The number of likely N-dealkylation sites (tertiary alicyclic amines) is 1. The van der Waals surface area contributed by atoms with Crippen molar-refractivity contribution in [1.29, 1.82) is 16.2 Å². The van der Waals surface area contributed by atoms with E-state index < -0.39 is 11.3 Å². The van der Waals surface area contributed by atoms with Gasteiger partial charge in [0.15, 0.2) is 0 Å². The molecule has 792 valence electrons. The standard InChI is InChI=1S/C15H20N4O2S.C14H17N3O2S.C13H17N3O2S.C12H14N2OS.C11H14N2OS.C10H11N3OS.C10H13N3OS.C9H11N3OS.C7H8N4O.CH4/c1-8-17-12(16)11-9-5-6-19(14(20)21-15(2,3)4)7-10(9)22-13(11)18-8;1-8-11-9(7-10(18)16-13(11)15)20-12(8)14(19)17-5-3-2-4-6-17;1-3-4-15-10(17)5-8-7(2)12-9(19-8)6-11(18)16-13(12)14;1-6-4-10-11(12(13)14-6)8-3-2-7(15)5-9(8)16-10;1-3-4-7-6(2)10-8(15-7)5-9(14)13-11(10)12;11-10-9-5-1-2-12-4-7(5)15-6(9)3-8(14)13-10;1-4-13-9-7(5(2)6(3)15-9)8(11)12-10(13)14;1-4-5(2)14-8-6(4)7(10)11-9(13)12(8)3;1-11-3-2-4-5(8)9-7(12)10-6(4)11;/h18H,1,5-7H2,2-4H3,(H2,16,17);2-7H2,1H3,(H2,15,16,18);3-6H2,1-2H3,(H,15,17)(H2,14,16,18);7,15H,1-5H2,(H2,13,14);3-5H2,1-2H3,(H2,12,13,14);12H,1-4H2,(H2,11,13,14);4H2,1-3H3,(H2,11,12,14);1-3H3,(H2,10,11,13);2-3H,1H3,(H3,8,9,10,12);1H4/t;;;7-;;;;;;/m...0....../s1. The zero-order valence-electron chi connectivity index (χ0n) is 85.4. The van der Waals surface area contributed by atoms with Crippen LogP contribution in [0.3, 0.4) is 0 Å². The van der Waals surface area contributed by atoms with E-state index in [0.717, 1.165) is 218 Å². The van der Waals surface area contributed by atoms with Gasteiger partial charge in [0.05, 0.1) is 71.4 Å². The number of hydrogen-bond donors (Lipinski definition) is 17. The molecule has 21 heterocycles. The summed E-state index contributed by atoms with van der Waals surface area (Å²) in [4.78, 5) is 162. The number of carbonyl (C=O) groups is 7. The summed E-state index contributed by atoms with van der Waals surface area (Å²) < 4.78 is 10.4. The minimum Gasteiger partial charge on any atom is -0.444 e. The first-order chi connectivity index (χ1) is 70.1. The van der Waals surface area contributed by atoms with E-state index in [4.69, 9.17) is 55.4 Å². The fraction of sp³-hybridized carbons (Fsp3) is 0.422. The number of amides is 7. The number of nitrogens with one attached hydrogen (secondary N) is 10. The second-order valence-electron chi connectivity index (χ2n) is 37.8. The molecule has 12 aromatic heterocycles. The molecule has 0 spiro atoms. The van der Waals surface area contributed by atoms with Gasteiger partial charge in [-0.25, -0.2) is 29.2 Å². The Kier molecular flexibility index (Phi) is 36.1. The number of allylic oxidation sites excluding steroid dienone is 1. The number of fused-ring (bicyclic) bond motifs is 15. The van der Waals surface area contributed by atoms with E-state index in [2.05, 4.69) is 86.9 Å². The topological polar surface area (TPSA) is 613 Å². The number of thiophene rings is 8. The molecule has 0 radical (unpaired) electrons. The number of nitrogens with two attached hydrogens (primary N) is 6. The van der Waals surface area contributed by atoms with Crippen molar-refractivity contribution < 1.29 is 43.4 Å². The molecule has 1 saturated heterocycles. The highest BCUT2D eigenvalue weighted by atomic mass is 32.1. The Bertz CT molecular complexity index is 7680. The molecule has 22 rings (SSSR count). The van der Waals surface area contributed by atoms with Gasteiger partial charge in [0.2, 0.25) is 23.6 Å². The number of hydrogen-bond acceptors (Lipinski definition) is 36. The predicted octanol–water partition coefficient (Wildman–Crippen LogP) is 12.4. The molecule has 9 aliphatic heterocycles. The third-order valence-corrected chi connectivity index (χ3v) is 36.0. The van der Waals surface area contributed by atoms with Gasteiger partial charge in [0, 0.05) is 164 Å². The molecule has 0 aromatic carbocycles. The van der Waals surface area contributed by atoms with E-state index in [-0.39, 0.29) is 90.4 Å². The van der Waals surface area contributed by atoms with E-state index in [1.807, 2.05) is 101 Å². The zero-order chi connectivity index (χ0) is 107. The van der Waals surface area contributed by atoms with E-state index in [1.165, 1.54) is 85.2 Å². The number of aliphatic hydroxyl groups is 1. The second kappa shape index (κ2) is 47.6. The number of aromatic nitrogens is 7. The van der Waals surface area contributed by atoms with Gasteiger partial charge in [-0.2, -0.15) is 19.9 Å². The Labute approximate surface area is 893 Å². The van der Waals surface area contributed by atoms with Crippen LogP contribution in [0.15, 0.2) is 66.3 Å². The third kappa shape index (κ3) is 25.2. The van der Waals surface area contributed by atoms with Gasteiger partial charge >= 0.3 is 23.2 Å². The number of nitrogen functional groups attached to an aromatic ring is 3. The number of aromatic amines is 1. The Balaban J connectivity index is 0.000000140. The lowest BCUT2D eigenvalue weighted by atomic mass is 9.91. The molecular weight excluding hydrogens is 2050 g/mol. The summed E-state index contributed by atoms with van der Waals surface area (Å²) in [7, 11) is 3.53. The number of H-pyrrole nitrogens is 1. The molecule has 23 N–H and O–H groups in total. The number of amidine groups is 6. The maximum Gasteiger partial charge on any atom is 0.410 e. The van der Waals surface area contributed by atoms with Crippen LogP contribution in [0, 0.1) is 64.7 Å². The fourth-order valence-corrected chi connectivity index (χ4v) is 29.0. The van der Waals surface area contributed by atoms with Crippen LogP contribution >= 0.6 is 90.7 Å². The van der Waals surface area contributed by atoms with Crippen molar-refractivity contribution in [3.8, 4) is 0 Å². The van der Waals surface area contributed by atoms with Crippen LogP contribution in [0.2, 0.25) is 0 Å². The number of aliphatic imine (C=N–C) groups is 3. The quantitative estimate of drug-likeness (QED) is 0.0672. The first kappa shape index (κ1) is 113. The van der Waals surface area contributed by atoms with Crippen molar-refractivity contribution in [2.75, 3.05) is 55.2 Å². The highest BCUT2D eigenvalue weighted by Gasteiger charge is 2.37. The van der Waals surface area contributed by atoms with Crippen molar-refractivity contribution in [2.45, 2.75) is 238 Å². The largest absolute Gasteiger partial charge is 0.444 e. The lowest BCUT2D eigenvalue weighted by Crippen LogP contribution is -2.39. The van der Waals surface area contributed by atoms with Crippen molar-refractivity contribution in [3.63, 3.8) is 0 Å². The zero-order valence-corrected chi connectivity index (χ0v) is 91.9. The predicted molar refractivity (Wildman–Crippen MR) is 602 cm³/mol. The number of piperidine rings is 1. The normalized spacial score (nSPS) is 15.9. The third-order valence-electron chi connectivity index (χ3n) is 25.9. The van der Waals surface area contributed by atoms with Crippen molar-refractivity contribution in [2.24, 2.45) is 46.3 Å². The summed E-state index contributed by atoms with van der Waals surface area (Å²) >= 11 is 12.8. The SMILES string of the molecule is C.C=C1Cc2sc3c(c2C(N)=N1)CC[C@H](O)C3.C=C1N=C(N)c2c(sc3c2CCN(C(=O)OC(C)(C)C)C3)N1.CCCNC(=O)Cc1sc2c(c1C)C(=N)NC(=O)C2.CCCc1sc2c(c1C)C(=N)NC(=O)C2.CCn1c(=O)nc(N)c2c(C)c(C)sc21.Cc1c(C(=O)N2CCCCC2)sc2c1C(=N)NC(=O)C2.Cc1sc2c(c(N)nc(=O)n2C)c1C.Cn1ccc2c(N)[nH]c(=O)nc21.NC1=NC(=O)Cc2sc3c(c21)CCNC3. The molecule has 149 heavy (non-hydrogen) atoms.